The Balaban J connectivity index is 3.03. The van der Waals surface area contributed by atoms with Crippen molar-refractivity contribution in [3.8, 4) is 5.75 Å². The first-order chi connectivity index (χ1) is 8.17. The first-order valence-electron chi connectivity index (χ1n) is 5.10. The van der Waals surface area contributed by atoms with Crippen molar-refractivity contribution in [2.75, 3.05) is 6.61 Å². The second-order valence-electron chi connectivity index (χ2n) is 3.76. The molecule has 5 nitrogen and oxygen atoms in total. The number of benzene rings is 1. The van der Waals surface area contributed by atoms with E-state index in [1.807, 2.05) is 13.8 Å². The van der Waals surface area contributed by atoms with Gasteiger partial charge in [0.25, 0.3) is 0 Å². The van der Waals surface area contributed by atoms with Crippen molar-refractivity contribution in [3.05, 3.63) is 18.2 Å². The summed E-state index contributed by atoms with van der Waals surface area (Å²) in [5.74, 6) is 0.822. The van der Waals surface area contributed by atoms with Crippen LogP contribution >= 0.6 is 0 Å². The van der Waals surface area contributed by atoms with Gasteiger partial charge >= 0.3 is 0 Å². The molecule has 0 N–H and O–H groups in total. The molecule has 0 fully saturated rings. The maximum Gasteiger partial charge on any atom is 0.240 e. The molecule has 1 aromatic carbocycles. The van der Waals surface area contributed by atoms with E-state index in [-0.39, 0.29) is 0 Å². The molecule has 0 spiro atoms. The van der Waals surface area contributed by atoms with Crippen molar-refractivity contribution in [1.82, 2.24) is 0 Å². The lowest BCUT2D eigenvalue weighted by atomic mass is 10.2. The van der Waals surface area contributed by atoms with E-state index in [9.17, 15) is 9.59 Å². The van der Waals surface area contributed by atoms with Gasteiger partial charge in [-0.2, -0.15) is 9.98 Å². The van der Waals surface area contributed by atoms with E-state index in [4.69, 9.17) is 4.74 Å². The normalized spacial score (nSPS) is 9.35. The van der Waals surface area contributed by atoms with Gasteiger partial charge in [0.1, 0.15) is 11.4 Å². The first kappa shape index (κ1) is 12.8. The summed E-state index contributed by atoms with van der Waals surface area (Å²) in [6.07, 6.45) is 2.85. The van der Waals surface area contributed by atoms with Crippen molar-refractivity contribution < 1.29 is 14.3 Å². The third-order valence-corrected chi connectivity index (χ3v) is 1.86. The topological polar surface area (TPSA) is 68.1 Å². The second-order valence-corrected chi connectivity index (χ2v) is 3.76. The van der Waals surface area contributed by atoms with E-state index >= 15 is 0 Å². The second kappa shape index (κ2) is 6.38. The van der Waals surface area contributed by atoms with Gasteiger partial charge in [-0.3, -0.25) is 0 Å². The zero-order valence-electron chi connectivity index (χ0n) is 9.64. The molecule has 0 amide bonds. The Morgan fingerprint density at radius 1 is 1.24 bits per heavy atom. The van der Waals surface area contributed by atoms with Gasteiger partial charge in [-0.1, -0.05) is 13.8 Å². The van der Waals surface area contributed by atoms with Gasteiger partial charge in [-0.05, 0) is 24.1 Å². The molecule has 17 heavy (non-hydrogen) atoms. The average molecular weight is 232 g/mol. The van der Waals surface area contributed by atoms with E-state index in [0.717, 1.165) is 0 Å². The molecule has 5 heteroatoms. The fraction of sp³-hybridized carbons (Fsp3) is 0.333. The Morgan fingerprint density at radius 3 is 2.53 bits per heavy atom. The SMILES string of the molecule is CC(C)COc1ccc(N=C=O)cc1N=C=O. The van der Waals surface area contributed by atoms with Gasteiger partial charge in [0, 0.05) is 0 Å². The van der Waals surface area contributed by atoms with Crippen molar-refractivity contribution in [2.45, 2.75) is 13.8 Å². The Hall–Kier alpha value is -2.22. The number of carbonyl (C=O) groups excluding carboxylic acids is 2. The van der Waals surface area contributed by atoms with E-state index in [1.54, 1.807) is 12.1 Å². The van der Waals surface area contributed by atoms with Crippen LogP contribution < -0.4 is 4.74 Å². The Kier molecular flexibility index (Phi) is 4.82. The monoisotopic (exact) mass is 232 g/mol. The smallest absolute Gasteiger partial charge is 0.240 e. The molecule has 0 aromatic heterocycles. The van der Waals surface area contributed by atoms with Gasteiger partial charge in [0.2, 0.25) is 12.2 Å². The summed E-state index contributed by atoms with van der Waals surface area (Å²) in [6, 6.07) is 4.66. The molecule has 0 aliphatic rings. The van der Waals surface area contributed by atoms with Gasteiger partial charge < -0.3 is 4.74 Å². The highest BCUT2D eigenvalue weighted by Gasteiger charge is 2.05. The van der Waals surface area contributed by atoms with Crippen LogP contribution in [0.25, 0.3) is 0 Å². The van der Waals surface area contributed by atoms with Crippen molar-refractivity contribution >= 4 is 23.5 Å². The van der Waals surface area contributed by atoms with Gasteiger partial charge in [-0.15, -0.1) is 0 Å². The van der Waals surface area contributed by atoms with Crippen LogP contribution in [0.3, 0.4) is 0 Å². The zero-order valence-corrected chi connectivity index (χ0v) is 9.64. The van der Waals surface area contributed by atoms with Crippen LogP contribution in [0.5, 0.6) is 5.75 Å². The van der Waals surface area contributed by atoms with Gasteiger partial charge in [-0.25, -0.2) is 9.59 Å². The summed E-state index contributed by atoms with van der Waals surface area (Å²) in [6.45, 7) is 4.53. The summed E-state index contributed by atoms with van der Waals surface area (Å²) >= 11 is 0. The zero-order chi connectivity index (χ0) is 12.7. The fourth-order valence-electron chi connectivity index (χ4n) is 1.14. The molecule has 0 saturated carbocycles. The molecule has 0 bridgehead atoms. The highest BCUT2D eigenvalue weighted by molar-refractivity contribution is 5.64. The van der Waals surface area contributed by atoms with Gasteiger partial charge in [0.15, 0.2) is 0 Å². The number of isocyanates is 2. The minimum atomic E-state index is 0.303. The van der Waals surface area contributed by atoms with Crippen LogP contribution in [0.1, 0.15) is 13.8 Å². The number of rotatable bonds is 5. The molecule has 0 radical (unpaired) electrons. The van der Waals surface area contributed by atoms with E-state index in [2.05, 4.69) is 9.98 Å². The van der Waals surface area contributed by atoms with Crippen LogP contribution in [-0.4, -0.2) is 18.8 Å². The molecule has 1 aromatic rings. The van der Waals surface area contributed by atoms with Crippen molar-refractivity contribution in [3.63, 3.8) is 0 Å². The van der Waals surface area contributed by atoms with Crippen LogP contribution in [0.15, 0.2) is 28.2 Å². The average Bonchev–Trinajstić information content (AvgIpc) is 2.28. The van der Waals surface area contributed by atoms with E-state index in [1.165, 1.54) is 18.2 Å². The van der Waals surface area contributed by atoms with Crippen LogP contribution in [0.4, 0.5) is 11.4 Å². The third-order valence-electron chi connectivity index (χ3n) is 1.86. The summed E-state index contributed by atoms with van der Waals surface area (Å²) in [5, 5.41) is 0. The predicted octanol–water partition coefficient (Wildman–Crippen LogP) is 2.66. The molecular weight excluding hydrogens is 220 g/mol. The number of hydrogen-bond donors (Lipinski definition) is 0. The number of nitrogens with zero attached hydrogens (tertiary/aromatic N) is 2. The number of aliphatic imine (C=N–C) groups is 2. The van der Waals surface area contributed by atoms with E-state index < -0.39 is 0 Å². The maximum absolute atomic E-state index is 10.3. The lowest BCUT2D eigenvalue weighted by Crippen LogP contribution is -2.04. The minimum absolute atomic E-state index is 0.303. The number of hydrogen-bond acceptors (Lipinski definition) is 5. The molecule has 88 valence electrons. The molecule has 0 aliphatic carbocycles. The number of ether oxygens (including phenoxy) is 1. The third kappa shape index (κ3) is 4.03. The fourth-order valence-corrected chi connectivity index (χ4v) is 1.14. The highest BCUT2D eigenvalue weighted by Crippen LogP contribution is 2.31. The largest absolute Gasteiger partial charge is 0.491 e. The van der Waals surface area contributed by atoms with Crippen LogP contribution in [0, 0.1) is 5.92 Å². The molecule has 0 heterocycles. The molecular formula is C12H12N2O3. The van der Waals surface area contributed by atoms with E-state index in [0.29, 0.717) is 29.6 Å². The minimum Gasteiger partial charge on any atom is -0.491 e. The summed E-state index contributed by atoms with van der Waals surface area (Å²) in [4.78, 5) is 27.3. The molecule has 0 unspecified atom stereocenters. The Labute approximate surface area is 98.8 Å². The van der Waals surface area contributed by atoms with Crippen molar-refractivity contribution in [1.29, 1.82) is 0 Å². The maximum atomic E-state index is 10.3. The standard InChI is InChI=1S/C12H12N2O3/c1-9(2)6-17-12-4-3-10(13-7-15)5-11(12)14-8-16/h3-5,9H,6H2,1-2H3. The lowest BCUT2D eigenvalue weighted by Gasteiger charge is -2.10. The van der Waals surface area contributed by atoms with Crippen LogP contribution in [-0.2, 0) is 9.59 Å². The Morgan fingerprint density at radius 2 is 1.94 bits per heavy atom. The van der Waals surface area contributed by atoms with Gasteiger partial charge in [0.05, 0.1) is 12.3 Å². The Bertz CT molecular complexity index is 485. The first-order valence-corrected chi connectivity index (χ1v) is 5.10. The quantitative estimate of drug-likeness (QED) is 0.579. The van der Waals surface area contributed by atoms with Crippen LogP contribution in [0.2, 0.25) is 0 Å². The molecule has 0 atom stereocenters. The summed E-state index contributed by atoms with van der Waals surface area (Å²) in [7, 11) is 0. The summed E-state index contributed by atoms with van der Waals surface area (Å²) < 4.78 is 5.47. The molecule has 1 rings (SSSR count). The lowest BCUT2D eigenvalue weighted by molar-refractivity contribution is 0.272. The predicted molar refractivity (Wildman–Crippen MR) is 62.3 cm³/mol. The van der Waals surface area contributed by atoms with Crippen molar-refractivity contribution in [2.24, 2.45) is 15.9 Å². The summed E-state index contributed by atoms with van der Waals surface area (Å²) in [5.41, 5.74) is 0.669. The molecule has 0 aliphatic heterocycles. The molecule has 0 saturated heterocycles. The highest BCUT2D eigenvalue weighted by atomic mass is 16.5.